The molecule has 0 radical (unpaired) electrons. The van der Waals surface area contributed by atoms with Crippen LogP contribution in [-0.4, -0.2) is 47.8 Å². The molecule has 3 rings (SSSR count). The van der Waals surface area contributed by atoms with Crippen molar-refractivity contribution in [1.29, 1.82) is 0 Å². The van der Waals surface area contributed by atoms with Gasteiger partial charge < -0.3 is 24.8 Å². The van der Waals surface area contributed by atoms with E-state index in [2.05, 4.69) is 5.32 Å². The second-order valence-corrected chi connectivity index (χ2v) is 5.97. The number of nitrogens with zero attached hydrogens (tertiary/aromatic N) is 1. The molecule has 2 N–H and O–H groups in total. The molecule has 2 aromatic rings. The minimum atomic E-state index is -1.04. The standard InChI is InChI=1S/C19H20N2O5/c1-25-16-11-17(18(22)23)21(12-16)19(24)20-13-6-5-9-15(10-13)26-14-7-3-2-4-8-14/h2-10,16-17H,11-12H2,1H3,(H,20,24)(H,22,23)/t16-,17-/m1/s1. The van der Waals surface area contributed by atoms with Crippen LogP contribution in [0.1, 0.15) is 6.42 Å². The fourth-order valence-electron chi connectivity index (χ4n) is 2.88. The number of carboxylic acid groups (broad SMARTS) is 1. The van der Waals surface area contributed by atoms with Gasteiger partial charge in [-0.1, -0.05) is 24.3 Å². The number of carbonyl (C=O) groups is 2. The maximum absolute atomic E-state index is 12.5. The maximum Gasteiger partial charge on any atom is 0.326 e. The third-order valence-corrected chi connectivity index (χ3v) is 4.21. The van der Waals surface area contributed by atoms with E-state index < -0.39 is 18.0 Å². The summed E-state index contributed by atoms with van der Waals surface area (Å²) in [5.41, 5.74) is 0.522. The summed E-state index contributed by atoms with van der Waals surface area (Å²) in [4.78, 5) is 25.2. The van der Waals surface area contributed by atoms with Crippen molar-refractivity contribution in [1.82, 2.24) is 4.90 Å². The molecule has 2 atom stereocenters. The Balaban J connectivity index is 1.69. The SMILES string of the molecule is CO[C@@H]1C[C@H](C(=O)O)N(C(=O)Nc2cccc(Oc3ccccc3)c2)C1. The van der Waals surface area contributed by atoms with Gasteiger partial charge in [0.1, 0.15) is 17.5 Å². The van der Waals surface area contributed by atoms with Gasteiger partial charge in [0.05, 0.1) is 6.10 Å². The number of hydrogen-bond donors (Lipinski definition) is 2. The van der Waals surface area contributed by atoms with E-state index in [9.17, 15) is 14.7 Å². The molecule has 0 unspecified atom stereocenters. The van der Waals surface area contributed by atoms with E-state index in [0.717, 1.165) is 0 Å². The minimum absolute atomic E-state index is 0.236. The number of anilines is 1. The van der Waals surface area contributed by atoms with Gasteiger partial charge in [-0.05, 0) is 24.3 Å². The van der Waals surface area contributed by atoms with Crippen LogP contribution in [0.5, 0.6) is 11.5 Å². The lowest BCUT2D eigenvalue weighted by Gasteiger charge is -2.21. The first-order valence-electron chi connectivity index (χ1n) is 8.23. The molecule has 0 spiro atoms. The Kier molecular flexibility index (Phi) is 5.38. The summed E-state index contributed by atoms with van der Waals surface area (Å²) >= 11 is 0. The van der Waals surface area contributed by atoms with Crippen LogP contribution in [0, 0.1) is 0 Å². The second kappa shape index (κ2) is 7.88. The summed E-state index contributed by atoms with van der Waals surface area (Å²) in [6, 6.07) is 14.8. The number of para-hydroxylation sites is 1. The zero-order chi connectivity index (χ0) is 18.5. The molecule has 0 aliphatic carbocycles. The highest BCUT2D eigenvalue weighted by Gasteiger charge is 2.39. The molecule has 26 heavy (non-hydrogen) atoms. The number of carbonyl (C=O) groups excluding carboxylic acids is 1. The van der Waals surface area contributed by atoms with E-state index in [1.807, 2.05) is 30.3 Å². The molecule has 2 aromatic carbocycles. The number of carboxylic acids is 1. The van der Waals surface area contributed by atoms with Crippen LogP contribution in [0.25, 0.3) is 0 Å². The minimum Gasteiger partial charge on any atom is -0.480 e. The summed E-state index contributed by atoms with van der Waals surface area (Å²) in [6.07, 6.45) is -0.00856. The molecule has 0 bridgehead atoms. The van der Waals surface area contributed by atoms with Gasteiger partial charge in [-0.2, -0.15) is 0 Å². The van der Waals surface area contributed by atoms with Crippen molar-refractivity contribution in [2.24, 2.45) is 0 Å². The number of urea groups is 1. The number of rotatable bonds is 5. The van der Waals surface area contributed by atoms with E-state index in [-0.39, 0.29) is 19.1 Å². The molecule has 136 valence electrons. The quantitative estimate of drug-likeness (QED) is 0.859. The lowest BCUT2D eigenvalue weighted by Crippen LogP contribution is -2.43. The Labute approximate surface area is 151 Å². The third kappa shape index (κ3) is 4.12. The van der Waals surface area contributed by atoms with Crippen molar-refractivity contribution in [3.63, 3.8) is 0 Å². The van der Waals surface area contributed by atoms with E-state index in [1.54, 1.807) is 24.3 Å². The van der Waals surface area contributed by atoms with Gasteiger partial charge in [0.25, 0.3) is 0 Å². The molecule has 1 fully saturated rings. The molecular formula is C19H20N2O5. The van der Waals surface area contributed by atoms with Gasteiger partial charge in [-0.15, -0.1) is 0 Å². The highest BCUT2D eigenvalue weighted by molar-refractivity contribution is 5.93. The number of nitrogens with one attached hydrogen (secondary N) is 1. The average molecular weight is 356 g/mol. The van der Waals surface area contributed by atoms with Crippen molar-refractivity contribution in [2.75, 3.05) is 19.0 Å². The highest BCUT2D eigenvalue weighted by Crippen LogP contribution is 2.25. The van der Waals surface area contributed by atoms with Gasteiger partial charge in [0.2, 0.25) is 0 Å². The van der Waals surface area contributed by atoms with Gasteiger partial charge >= 0.3 is 12.0 Å². The lowest BCUT2D eigenvalue weighted by atomic mass is 10.2. The van der Waals surface area contributed by atoms with Crippen LogP contribution < -0.4 is 10.1 Å². The van der Waals surface area contributed by atoms with Gasteiger partial charge in [0.15, 0.2) is 0 Å². The van der Waals surface area contributed by atoms with Crippen LogP contribution in [0.15, 0.2) is 54.6 Å². The molecule has 7 heteroatoms. The molecule has 0 aromatic heterocycles. The maximum atomic E-state index is 12.5. The molecule has 1 aliphatic rings. The number of hydrogen-bond acceptors (Lipinski definition) is 4. The summed E-state index contributed by atoms with van der Waals surface area (Å²) in [6.45, 7) is 0.236. The third-order valence-electron chi connectivity index (χ3n) is 4.21. The zero-order valence-electron chi connectivity index (χ0n) is 14.3. The molecular weight excluding hydrogens is 336 g/mol. The summed E-state index contributed by atoms with van der Waals surface area (Å²) < 4.78 is 10.9. The normalized spacial score (nSPS) is 19.2. The van der Waals surface area contributed by atoms with Crippen LogP contribution in [-0.2, 0) is 9.53 Å². The van der Waals surface area contributed by atoms with Gasteiger partial charge in [-0.3, -0.25) is 0 Å². The van der Waals surface area contributed by atoms with E-state index >= 15 is 0 Å². The Morgan fingerprint density at radius 3 is 2.54 bits per heavy atom. The molecule has 2 amide bonds. The molecule has 1 heterocycles. The van der Waals surface area contributed by atoms with Crippen LogP contribution in [0.3, 0.4) is 0 Å². The Morgan fingerprint density at radius 1 is 1.12 bits per heavy atom. The topological polar surface area (TPSA) is 88.1 Å². The van der Waals surface area contributed by atoms with E-state index in [0.29, 0.717) is 17.2 Å². The van der Waals surface area contributed by atoms with Crippen LogP contribution in [0.2, 0.25) is 0 Å². The van der Waals surface area contributed by atoms with Crippen LogP contribution >= 0.6 is 0 Å². The smallest absolute Gasteiger partial charge is 0.326 e. The number of aliphatic carboxylic acids is 1. The van der Waals surface area contributed by atoms with Crippen LogP contribution in [0.4, 0.5) is 10.5 Å². The van der Waals surface area contributed by atoms with E-state index in [4.69, 9.17) is 9.47 Å². The molecule has 0 saturated carbocycles. The van der Waals surface area contributed by atoms with Crippen molar-refractivity contribution in [3.05, 3.63) is 54.6 Å². The zero-order valence-corrected chi connectivity index (χ0v) is 14.3. The van der Waals surface area contributed by atoms with Crippen molar-refractivity contribution >= 4 is 17.7 Å². The Morgan fingerprint density at radius 2 is 1.85 bits per heavy atom. The summed E-state index contributed by atoms with van der Waals surface area (Å²) in [7, 11) is 1.51. The van der Waals surface area contributed by atoms with Crippen molar-refractivity contribution < 1.29 is 24.2 Å². The number of methoxy groups -OCH3 is 1. The average Bonchev–Trinajstić information content (AvgIpc) is 3.08. The monoisotopic (exact) mass is 356 g/mol. The largest absolute Gasteiger partial charge is 0.480 e. The predicted molar refractivity (Wildman–Crippen MR) is 95.5 cm³/mol. The first-order chi connectivity index (χ1) is 12.6. The first-order valence-corrected chi connectivity index (χ1v) is 8.23. The Hall–Kier alpha value is -3.06. The molecule has 1 aliphatic heterocycles. The Bertz CT molecular complexity index is 781. The number of benzene rings is 2. The first kappa shape index (κ1) is 17.8. The van der Waals surface area contributed by atoms with Gasteiger partial charge in [-0.25, -0.2) is 9.59 Å². The number of amides is 2. The summed E-state index contributed by atoms with van der Waals surface area (Å²) in [5, 5.41) is 12.1. The fourth-order valence-corrected chi connectivity index (χ4v) is 2.88. The number of ether oxygens (including phenoxy) is 2. The molecule has 1 saturated heterocycles. The lowest BCUT2D eigenvalue weighted by molar-refractivity contribution is -0.141. The fraction of sp³-hybridized carbons (Fsp3) is 0.263. The second-order valence-electron chi connectivity index (χ2n) is 5.97. The van der Waals surface area contributed by atoms with E-state index in [1.165, 1.54) is 12.0 Å². The molecule has 7 nitrogen and oxygen atoms in total. The highest BCUT2D eigenvalue weighted by atomic mass is 16.5. The number of likely N-dealkylation sites (tertiary alicyclic amines) is 1. The van der Waals surface area contributed by atoms with Crippen molar-refractivity contribution in [2.45, 2.75) is 18.6 Å². The predicted octanol–water partition coefficient (Wildman–Crippen LogP) is 3.18. The van der Waals surface area contributed by atoms with Crippen molar-refractivity contribution in [3.8, 4) is 11.5 Å². The van der Waals surface area contributed by atoms with Gasteiger partial charge in [0, 0.05) is 31.8 Å². The summed E-state index contributed by atoms with van der Waals surface area (Å²) in [5.74, 6) is 0.213.